The van der Waals surface area contributed by atoms with Crippen molar-refractivity contribution in [1.82, 2.24) is 0 Å². The van der Waals surface area contributed by atoms with Crippen LogP contribution in [0, 0.1) is 0 Å². The molecule has 4 heteroatoms. The van der Waals surface area contributed by atoms with E-state index in [-0.39, 0.29) is 12.2 Å². The molecule has 1 aromatic rings. The molecule has 1 unspecified atom stereocenters. The Morgan fingerprint density at radius 2 is 1.61 bits per heavy atom. The number of hydrogen-bond donors (Lipinski definition) is 1. The fraction of sp³-hybridized carbons (Fsp3) is 0.632. The Balaban J connectivity index is 2.05. The number of halogens is 1. The SMILES string of the molecule is CCCCCCCCCCC(F)COc1ccc(C(=O)O)cc1. The van der Waals surface area contributed by atoms with Gasteiger partial charge in [0.05, 0.1) is 5.56 Å². The van der Waals surface area contributed by atoms with Crippen LogP contribution < -0.4 is 4.74 Å². The van der Waals surface area contributed by atoms with E-state index in [1.807, 2.05) is 0 Å². The number of carbonyl (C=O) groups is 1. The standard InChI is InChI=1S/C19H29FO3/c1-2-3-4-5-6-7-8-9-10-17(20)15-23-18-13-11-16(12-14-18)19(21)22/h11-14,17H,2-10,15H2,1H3,(H,21,22). The van der Waals surface area contributed by atoms with E-state index in [9.17, 15) is 9.18 Å². The van der Waals surface area contributed by atoms with Crippen LogP contribution in [0.4, 0.5) is 4.39 Å². The zero-order valence-electron chi connectivity index (χ0n) is 14.1. The molecule has 0 heterocycles. The monoisotopic (exact) mass is 324 g/mol. The number of alkyl halides is 1. The molecule has 0 aliphatic rings. The minimum absolute atomic E-state index is 0.0307. The van der Waals surface area contributed by atoms with E-state index in [1.165, 1.54) is 50.7 Å². The van der Waals surface area contributed by atoms with Crippen molar-refractivity contribution in [2.75, 3.05) is 6.61 Å². The quantitative estimate of drug-likeness (QED) is 0.478. The molecular weight excluding hydrogens is 295 g/mol. The molecule has 0 saturated carbocycles. The van der Waals surface area contributed by atoms with Crippen molar-refractivity contribution < 1.29 is 19.0 Å². The molecular formula is C19H29FO3. The summed E-state index contributed by atoms with van der Waals surface area (Å²) in [6.07, 6.45) is 9.18. The van der Waals surface area contributed by atoms with Crippen molar-refractivity contribution in [2.45, 2.75) is 70.9 Å². The number of benzene rings is 1. The van der Waals surface area contributed by atoms with Gasteiger partial charge in [-0.3, -0.25) is 0 Å². The molecule has 0 amide bonds. The minimum atomic E-state index is -0.977. The summed E-state index contributed by atoms with van der Waals surface area (Å²) in [5, 5.41) is 8.79. The largest absolute Gasteiger partial charge is 0.491 e. The van der Waals surface area contributed by atoms with Gasteiger partial charge in [-0.25, -0.2) is 9.18 Å². The molecule has 1 atom stereocenters. The van der Waals surface area contributed by atoms with Crippen LogP contribution in [-0.2, 0) is 0 Å². The second-order valence-corrected chi connectivity index (χ2v) is 6.00. The number of aromatic carboxylic acids is 1. The first-order chi connectivity index (χ1) is 11.1. The maximum absolute atomic E-state index is 13.8. The molecule has 0 aromatic heterocycles. The van der Waals surface area contributed by atoms with E-state index in [0.717, 1.165) is 12.8 Å². The number of carboxylic acids is 1. The van der Waals surface area contributed by atoms with Crippen LogP contribution >= 0.6 is 0 Å². The topological polar surface area (TPSA) is 46.5 Å². The number of unbranched alkanes of at least 4 members (excludes halogenated alkanes) is 7. The van der Waals surface area contributed by atoms with E-state index in [0.29, 0.717) is 12.2 Å². The summed E-state index contributed by atoms with van der Waals surface area (Å²) in [5.41, 5.74) is 0.202. The van der Waals surface area contributed by atoms with Gasteiger partial charge in [-0.1, -0.05) is 58.3 Å². The zero-order chi connectivity index (χ0) is 16.9. The van der Waals surface area contributed by atoms with Crippen molar-refractivity contribution in [3.8, 4) is 5.75 Å². The van der Waals surface area contributed by atoms with Gasteiger partial charge in [0.25, 0.3) is 0 Å². The normalized spacial score (nSPS) is 12.1. The third-order valence-corrected chi connectivity index (χ3v) is 3.90. The molecule has 23 heavy (non-hydrogen) atoms. The molecule has 3 nitrogen and oxygen atoms in total. The van der Waals surface area contributed by atoms with Crippen LogP contribution in [0.1, 0.15) is 75.1 Å². The van der Waals surface area contributed by atoms with E-state index < -0.39 is 12.1 Å². The molecule has 0 saturated heterocycles. The maximum atomic E-state index is 13.8. The van der Waals surface area contributed by atoms with Crippen LogP contribution in [0.3, 0.4) is 0 Å². The predicted molar refractivity (Wildman–Crippen MR) is 91.0 cm³/mol. The number of ether oxygens (including phenoxy) is 1. The zero-order valence-corrected chi connectivity index (χ0v) is 14.1. The maximum Gasteiger partial charge on any atom is 0.335 e. The fourth-order valence-electron chi connectivity index (χ4n) is 2.46. The molecule has 0 aliphatic carbocycles. The molecule has 130 valence electrons. The van der Waals surface area contributed by atoms with Crippen molar-refractivity contribution in [3.05, 3.63) is 29.8 Å². The highest BCUT2D eigenvalue weighted by atomic mass is 19.1. The smallest absolute Gasteiger partial charge is 0.335 e. The van der Waals surface area contributed by atoms with E-state index in [1.54, 1.807) is 12.1 Å². The lowest BCUT2D eigenvalue weighted by Gasteiger charge is -2.10. The number of carboxylic acid groups (broad SMARTS) is 1. The van der Waals surface area contributed by atoms with Gasteiger partial charge in [-0.2, -0.15) is 0 Å². The molecule has 1 rings (SSSR count). The molecule has 0 spiro atoms. The van der Waals surface area contributed by atoms with E-state index in [4.69, 9.17) is 9.84 Å². The van der Waals surface area contributed by atoms with Crippen molar-refractivity contribution in [2.24, 2.45) is 0 Å². The Morgan fingerprint density at radius 3 is 2.17 bits per heavy atom. The highest BCUT2D eigenvalue weighted by Crippen LogP contribution is 2.15. The van der Waals surface area contributed by atoms with Crippen LogP contribution in [0.2, 0.25) is 0 Å². The summed E-state index contributed by atoms with van der Waals surface area (Å²) in [7, 11) is 0. The van der Waals surface area contributed by atoms with Crippen molar-refractivity contribution in [3.63, 3.8) is 0 Å². The van der Waals surface area contributed by atoms with Crippen LogP contribution in [-0.4, -0.2) is 23.9 Å². The first kappa shape index (κ1) is 19.5. The first-order valence-corrected chi connectivity index (χ1v) is 8.73. The summed E-state index contributed by atoms with van der Waals surface area (Å²) >= 11 is 0. The highest BCUT2D eigenvalue weighted by Gasteiger charge is 2.08. The third-order valence-electron chi connectivity index (χ3n) is 3.90. The predicted octanol–water partition coefficient (Wildman–Crippen LogP) is 5.63. The lowest BCUT2D eigenvalue weighted by molar-refractivity contribution is 0.0697. The van der Waals surface area contributed by atoms with Crippen LogP contribution in [0.15, 0.2) is 24.3 Å². The highest BCUT2D eigenvalue weighted by molar-refractivity contribution is 5.87. The second kappa shape index (κ2) is 11.9. The lowest BCUT2D eigenvalue weighted by Crippen LogP contribution is -2.12. The summed E-state index contributed by atoms with van der Waals surface area (Å²) in [6, 6.07) is 6.05. The summed E-state index contributed by atoms with van der Waals surface area (Å²) in [4.78, 5) is 10.7. The number of hydrogen-bond acceptors (Lipinski definition) is 2. The van der Waals surface area contributed by atoms with Gasteiger partial charge in [0, 0.05) is 0 Å². The Labute approximate surface area is 138 Å². The third kappa shape index (κ3) is 9.22. The molecule has 1 N–H and O–H groups in total. The van der Waals surface area contributed by atoms with Crippen LogP contribution in [0.25, 0.3) is 0 Å². The van der Waals surface area contributed by atoms with Crippen molar-refractivity contribution >= 4 is 5.97 Å². The number of rotatable bonds is 13. The molecule has 0 radical (unpaired) electrons. The second-order valence-electron chi connectivity index (χ2n) is 6.00. The summed E-state index contributed by atoms with van der Waals surface area (Å²) in [5.74, 6) is -0.469. The van der Waals surface area contributed by atoms with Gasteiger partial charge in [-0.15, -0.1) is 0 Å². The van der Waals surface area contributed by atoms with Gasteiger partial charge in [-0.05, 0) is 30.7 Å². The molecule has 0 fully saturated rings. The van der Waals surface area contributed by atoms with Gasteiger partial charge in [0.1, 0.15) is 18.5 Å². The minimum Gasteiger partial charge on any atom is -0.491 e. The Hall–Kier alpha value is -1.58. The molecule has 1 aromatic carbocycles. The Morgan fingerprint density at radius 1 is 1.04 bits per heavy atom. The van der Waals surface area contributed by atoms with Gasteiger partial charge >= 0.3 is 5.97 Å². The average molecular weight is 324 g/mol. The van der Waals surface area contributed by atoms with E-state index in [2.05, 4.69) is 6.92 Å². The summed E-state index contributed by atoms with van der Waals surface area (Å²) in [6.45, 7) is 2.24. The lowest BCUT2D eigenvalue weighted by atomic mass is 10.1. The Kier molecular flexibility index (Phi) is 10.1. The molecule has 0 bridgehead atoms. The molecule has 0 aliphatic heterocycles. The fourth-order valence-corrected chi connectivity index (χ4v) is 2.46. The van der Waals surface area contributed by atoms with Gasteiger partial charge < -0.3 is 9.84 Å². The summed E-state index contributed by atoms with van der Waals surface area (Å²) < 4.78 is 19.1. The average Bonchev–Trinajstić information content (AvgIpc) is 2.55. The first-order valence-electron chi connectivity index (χ1n) is 8.73. The van der Waals surface area contributed by atoms with Gasteiger partial charge in [0.2, 0.25) is 0 Å². The van der Waals surface area contributed by atoms with Gasteiger partial charge in [0.15, 0.2) is 0 Å². The van der Waals surface area contributed by atoms with Crippen LogP contribution in [0.5, 0.6) is 5.75 Å². The Bertz CT molecular complexity index is 431. The van der Waals surface area contributed by atoms with Crippen molar-refractivity contribution in [1.29, 1.82) is 0 Å². The van der Waals surface area contributed by atoms with E-state index >= 15 is 0 Å².